The number of H-pyrrole nitrogens is 1. The smallest absolute Gasteiger partial charge is 0.244 e. The van der Waals surface area contributed by atoms with Gasteiger partial charge in [-0.25, -0.2) is 8.42 Å². The molecule has 2 aromatic carbocycles. The minimum Gasteiger partial charge on any atom is -0.358 e. The molecule has 1 N–H and O–H groups in total. The summed E-state index contributed by atoms with van der Waals surface area (Å²) < 4.78 is 28.5. The van der Waals surface area contributed by atoms with Gasteiger partial charge in [0.25, 0.3) is 0 Å². The first-order valence-corrected chi connectivity index (χ1v) is 10.4. The monoisotopic (exact) mass is 377 g/mol. The molecule has 0 aliphatic carbocycles. The van der Waals surface area contributed by atoms with Crippen LogP contribution in [0.3, 0.4) is 0 Å². The molecule has 6 heteroatoms. The molecule has 0 spiro atoms. The molecule has 5 rings (SSSR count). The summed E-state index contributed by atoms with van der Waals surface area (Å²) >= 11 is 0. The van der Waals surface area contributed by atoms with Crippen molar-refractivity contribution in [1.29, 1.82) is 0 Å². The van der Waals surface area contributed by atoms with Crippen molar-refractivity contribution in [1.82, 2.24) is 14.3 Å². The highest BCUT2D eigenvalue weighted by atomic mass is 32.2. The molecule has 1 aliphatic heterocycles. The maximum Gasteiger partial charge on any atom is 0.244 e. The van der Waals surface area contributed by atoms with Gasteiger partial charge in [0.15, 0.2) is 0 Å². The Bertz CT molecular complexity index is 1290. The van der Waals surface area contributed by atoms with Crippen LogP contribution in [0.5, 0.6) is 0 Å². The molecule has 0 unspecified atom stereocenters. The van der Waals surface area contributed by atoms with Crippen molar-refractivity contribution < 1.29 is 8.42 Å². The summed E-state index contributed by atoms with van der Waals surface area (Å²) in [6, 6.07) is 15.2. The summed E-state index contributed by atoms with van der Waals surface area (Å²) in [4.78, 5) is 8.15. The number of sulfonamides is 1. The zero-order chi connectivity index (χ0) is 18.6. The number of nitrogens with zero attached hydrogens (tertiary/aromatic N) is 2. The van der Waals surface area contributed by atoms with Gasteiger partial charge < -0.3 is 4.98 Å². The van der Waals surface area contributed by atoms with Gasteiger partial charge in [-0.15, -0.1) is 0 Å². The van der Waals surface area contributed by atoms with Gasteiger partial charge in [0.05, 0.1) is 10.4 Å². The quantitative estimate of drug-likeness (QED) is 0.578. The van der Waals surface area contributed by atoms with Crippen LogP contribution in [0, 0.1) is 6.92 Å². The lowest BCUT2D eigenvalue weighted by Crippen LogP contribution is -2.35. The van der Waals surface area contributed by atoms with E-state index in [0.717, 1.165) is 33.2 Å². The summed E-state index contributed by atoms with van der Waals surface area (Å²) in [5.74, 6) is 0. The second kappa shape index (κ2) is 5.90. The van der Waals surface area contributed by atoms with E-state index in [4.69, 9.17) is 0 Å². The minimum atomic E-state index is -3.62. The maximum absolute atomic E-state index is 13.5. The first kappa shape index (κ1) is 16.5. The van der Waals surface area contributed by atoms with Gasteiger partial charge in [-0.3, -0.25) is 4.98 Å². The number of nitrogens with one attached hydrogen (secondary N) is 1. The van der Waals surface area contributed by atoms with Crippen LogP contribution in [-0.2, 0) is 23.0 Å². The van der Waals surface area contributed by atoms with Gasteiger partial charge in [0, 0.05) is 47.7 Å². The summed E-state index contributed by atoms with van der Waals surface area (Å²) in [7, 11) is -3.62. The van der Waals surface area contributed by atoms with Gasteiger partial charge in [0.2, 0.25) is 10.0 Å². The molecule has 0 amide bonds. The topological polar surface area (TPSA) is 66.1 Å². The number of fused-ring (bicyclic) bond motifs is 4. The molecule has 0 atom stereocenters. The molecular weight excluding hydrogens is 358 g/mol. The van der Waals surface area contributed by atoms with Crippen molar-refractivity contribution in [3.8, 4) is 0 Å². The van der Waals surface area contributed by atoms with E-state index in [-0.39, 0.29) is 0 Å². The van der Waals surface area contributed by atoms with Crippen molar-refractivity contribution in [2.24, 2.45) is 0 Å². The van der Waals surface area contributed by atoms with Crippen LogP contribution in [-0.4, -0.2) is 29.2 Å². The second-order valence-corrected chi connectivity index (χ2v) is 8.90. The van der Waals surface area contributed by atoms with Crippen LogP contribution in [0.15, 0.2) is 59.6 Å². The number of aromatic nitrogens is 2. The maximum atomic E-state index is 13.5. The zero-order valence-corrected chi connectivity index (χ0v) is 15.8. The second-order valence-electron chi connectivity index (χ2n) is 7.00. The average molecular weight is 377 g/mol. The van der Waals surface area contributed by atoms with Crippen molar-refractivity contribution in [2.45, 2.75) is 24.8 Å². The van der Waals surface area contributed by atoms with E-state index in [0.29, 0.717) is 29.8 Å². The summed E-state index contributed by atoms with van der Waals surface area (Å²) in [5.41, 5.74) is 4.99. The normalized spacial score (nSPS) is 15.3. The first-order valence-electron chi connectivity index (χ1n) is 8.98. The predicted molar refractivity (Wildman–Crippen MR) is 106 cm³/mol. The Balaban J connectivity index is 1.62. The Morgan fingerprint density at radius 2 is 1.85 bits per heavy atom. The number of hydrogen-bond donors (Lipinski definition) is 1. The molecule has 2 aromatic heterocycles. The number of aromatic amines is 1. The molecule has 0 radical (unpaired) electrons. The van der Waals surface area contributed by atoms with Gasteiger partial charge in [-0.05, 0) is 42.3 Å². The van der Waals surface area contributed by atoms with Crippen LogP contribution in [0.4, 0.5) is 0 Å². The van der Waals surface area contributed by atoms with Crippen molar-refractivity contribution in [3.05, 3.63) is 71.5 Å². The molecule has 0 saturated carbocycles. The van der Waals surface area contributed by atoms with E-state index < -0.39 is 10.0 Å². The number of para-hydroxylation sites is 1. The van der Waals surface area contributed by atoms with Gasteiger partial charge in [0.1, 0.15) is 0 Å². The fourth-order valence-corrected chi connectivity index (χ4v) is 5.59. The molecule has 0 saturated heterocycles. The highest BCUT2D eigenvalue weighted by molar-refractivity contribution is 7.89. The van der Waals surface area contributed by atoms with Gasteiger partial charge in [-0.2, -0.15) is 4.31 Å². The third-order valence-corrected chi connectivity index (χ3v) is 7.30. The minimum absolute atomic E-state index is 0.333. The Morgan fingerprint density at radius 1 is 1.04 bits per heavy atom. The van der Waals surface area contributed by atoms with Crippen LogP contribution in [0.1, 0.15) is 16.8 Å². The average Bonchev–Trinajstić information content (AvgIpc) is 3.06. The molecule has 0 bridgehead atoms. The molecule has 27 heavy (non-hydrogen) atoms. The third kappa shape index (κ3) is 2.48. The fourth-order valence-electron chi connectivity index (χ4n) is 4.00. The number of pyridine rings is 1. The van der Waals surface area contributed by atoms with E-state index in [1.54, 1.807) is 22.6 Å². The molecular formula is C21H19N3O2S. The lowest BCUT2D eigenvalue weighted by atomic mass is 10.1. The summed E-state index contributed by atoms with van der Waals surface area (Å²) in [6.45, 7) is 2.81. The zero-order valence-electron chi connectivity index (χ0n) is 14.9. The van der Waals surface area contributed by atoms with E-state index in [9.17, 15) is 8.42 Å². The Kier molecular flexibility index (Phi) is 3.60. The van der Waals surface area contributed by atoms with Gasteiger partial charge in [-0.1, -0.05) is 24.3 Å². The van der Waals surface area contributed by atoms with Crippen LogP contribution in [0.2, 0.25) is 0 Å². The van der Waals surface area contributed by atoms with Gasteiger partial charge >= 0.3 is 0 Å². The van der Waals surface area contributed by atoms with Crippen molar-refractivity contribution in [2.75, 3.05) is 6.54 Å². The lowest BCUT2D eigenvalue weighted by Gasteiger charge is -2.27. The van der Waals surface area contributed by atoms with Crippen molar-refractivity contribution in [3.63, 3.8) is 0 Å². The van der Waals surface area contributed by atoms with E-state index >= 15 is 0 Å². The van der Waals surface area contributed by atoms with Crippen LogP contribution < -0.4 is 0 Å². The molecule has 5 nitrogen and oxygen atoms in total. The molecule has 3 heterocycles. The van der Waals surface area contributed by atoms with Crippen molar-refractivity contribution >= 4 is 31.8 Å². The molecule has 4 aromatic rings. The summed E-state index contributed by atoms with van der Waals surface area (Å²) in [6.07, 6.45) is 2.39. The molecule has 136 valence electrons. The number of aryl methyl sites for hydroxylation is 1. The SMILES string of the molecule is Cc1ccc(S(=O)(=O)N2CCc3[nH]c4ccccc4c3C2)c2cccnc12. The summed E-state index contributed by atoms with van der Waals surface area (Å²) in [5, 5.41) is 1.78. The number of rotatable bonds is 2. The predicted octanol–water partition coefficient (Wildman–Crippen LogP) is 3.77. The highest BCUT2D eigenvalue weighted by Crippen LogP contribution is 2.32. The Labute approximate surface area is 157 Å². The first-order chi connectivity index (χ1) is 13.1. The number of hydrogen-bond acceptors (Lipinski definition) is 3. The Morgan fingerprint density at radius 3 is 2.74 bits per heavy atom. The standard InChI is InChI=1S/C21H19N3O2S/c1-14-8-9-20(16-6-4-11-22-21(14)16)27(25,26)24-12-10-19-17(13-24)15-5-2-3-7-18(15)23-19/h2-9,11,23H,10,12-13H2,1H3. The highest BCUT2D eigenvalue weighted by Gasteiger charge is 2.31. The third-order valence-electron chi connectivity index (χ3n) is 5.40. The fraction of sp³-hybridized carbons (Fsp3) is 0.190. The van der Waals surface area contributed by atoms with E-state index in [2.05, 4.69) is 9.97 Å². The largest absolute Gasteiger partial charge is 0.358 e. The number of benzene rings is 2. The van der Waals surface area contributed by atoms with Crippen LogP contribution >= 0.6 is 0 Å². The molecule has 1 aliphatic rings. The lowest BCUT2D eigenvalue weighted by molar-refractivity contribution is 0.391. The van der Waals surface area contributed by atoms with Crippen LogP contribution in [0.25, 0.3) is 21.8 Å². The van der Waals surface area contributed by atoms with E-state index in [1.165, 1.54) is 0 Å². The Hall–Kier alpha value is -2.70. The van der Waals surface area contributed by atoms with E-state index in [1.807, 2.05) is 43.3 Å². The molecule has 0 fully saturated rings.